The van der Waals surface area contributed by atoms with Crippen LogP contribution in [0.2, 0.25) is 0 Å². The molecule has 3 atom stereocenters. The summed E-state index contributed by atoms with van der Waals surface area (Å²) in [6.45, 7) is 3.90. The molecule has 0 aliphatic carbocycles. The first-order valence-corrected chi connectivity index (χ1v) is 11.4. The zero-order valence-corrected chi connectivity index (χ0v) is 17.7. The minimum atomic E-state index is -0.513. The van der Waals surface area contributed by atoms with Crippen LogP contribution in [0.15, 0.2) is 24.3 Å². The minimum Gasteiger partial charge on any atom is -0.339 e. The van der Waals surface area contributed by atoms with Gasteiger partial charge in [-0.05, 0) is 43.2 Å². The number of likely N-dealkylation sites (tertiary alicyclic amines) is 1. The SMILES string of the molecule is O=C(c1ccccc1F)N1CCN(C(=O)N2C[C@H]3C[C@H](C2)[C@H]2CCCC(=O)N2C3)CC1. The number of hydrogen-bond donors (Lipinski definition) is 0. The third-order valence-corrected chi connectivity index (χ3v) is 7.39. The van der Waals surface area contributed by atoms with Crippen LogP contribution in [0.3, 0.4) is 0 Å². The maximum atomic E-state index is 14.0. The number of halogens is 1. The molecular weight excluding hydrogens is 399 g/mol. The zero-order valence-electron chi connectivity index (χ0n) is 17.7. The number of hydrogen-bond acceptors (Lipinski definition) is 3. The molecule has 1 aromatic carbocycles. The van der Waals surface area contributed by atoms with Crippen LogP contribution in [0.5, 0.6) is 0 Å². The van der Waals surface area contributed by atoms with E-state index in [1.54, 1.807) is 17.0 Å². The van der Waals surface area contributed by atoms with Crippen molar-refractivity contribution in [3.8, 4) is 0 Å². The van der Waals surface area contributed by atoms with Gasteiger partial charge in [-0.2, -0.15) is 0 Å². The Hall–Kier alpha value is -2.64. The molecule has 0 unspecified atom stereocenters. The van der Waals surface area contributed by atoms with Crippen molar-refractivity contribution in [2.45, 2.75) is 31.7 Å². The maximum Gasteiger partial charge on any atom is 0.320 e. The van der Waals surface area contributed by atoms with Crippen LogP contribution in [-0.2, 0) is 4.79 Å². The van der Waals surface area contributed by atoms with E-state index < -0.39 is 5.82 Å². The van der Waals surface area contributed by atoms with Crippen LogP contribution in [-0.4, -0.2) is 89.3 Å². The van der Waals surface area contributed by atoms with Crippen LogP contribution in [0.4, 0.5) is 9.18 Å². The minimum absolute atomic E-state index is 0.0308. The lowest BCUT2D eigenvalue weighted by Gasteiger charge is -2.53. The van der Waals surface area contributed by atoms with Crippen molar-refractivity contribution in [2.24, 2.45) is 11.8 Å². The summed E-state index contributed by atoms with van der Waals surface area (Å²) in [7, 11) is 0. The van der Waals surface area contributed by atoms with E-state index in [1.807, 2.05) is 9.80 Å². The molecule has 4 heterocycles. The Bertz CT molecular complexity index is 885. The predicted octanol–water partition coefficient (Wildman–Crippen LogP) is 2.04. The Labute approximate surface area is 181 Å². The van der Waals surface area contributed by atoms with Crippen LogP contribution in [0.1, 0.15) is 36.0 Å². The van der Waals surface area contributed by atoms with Gasteiger partial charge in [0.1, 0.15) is 5.82 Å². The van der Waals surface area contributed by atoms with E-state index in [0.29, 0.717) is 57.5 Å². The number of carbonyl (C=O) groups excluding carboxylic acids is 3. The number of piperidine rings is 3. The Balaban J connectivity index is 1.19. The smallest absolute Gasteiger partial charge is 0.320 e. The Morgan fingerprint density at radius 3 is 2.45 bits per heavy atom. The summed E-state index contributed by atoms with van der Waals surface area (Å²) in [4.78, 5) is 45.6. The van der Waals surface area contributed by atoms with E-state index in [2.05, 4.69) is 4.90 Å². The molecule has 166 valence electrons. The first kappa shape index (κ1) is 20.3. The first-order chi connectivity index (χ1) is 15.0. The molecule has 2 bridgehead atoms. The van der Waals surface area contributed by atoms with E-state index in [4.69, 9.17) is 0 Å². The van der Waals surface area contributed by atoms with Gasteiger partial charge in [0.2, 0.25) is 5.91 Å². The fourth-order valence-corrected chi connectivity index (χ4v) is 5.87. The van der Waals surface area contributed by atoms with Crippen molar-refractivity contribution < 1.29 is 18.8 Å². The molecule has 4 aliphatic rings. The third-order valence-electron chi connectivity index (χ3n) is 7.39. The number of urea groups is 1. The number of amides is 4. The first-order valence-electron chi connectivity index (χ1n) is 11.4. The van der Waals surface area contributed by atoms with Gasteiger partial charge in [-0.3, -0.25) is 9.59 Å². The third kappa shape index (κ3) is 3.77. The van der Waals surface area contributed by atoms with E-state index in [0.717, 1.165) is 25.8 Å². The Morgan fingerprint density at radius 1 is 0.935 bits per heavy atom. The molecular formula is C23H29FN4O3. The van der Waals surface area contributed by atoms with Crippen molar-refractivity contribution >= 4 is 17.8 Å². The monoisotopic (exact) mass is 428 g/mol. The van der Waals surface area contributed by atoms with Gasteiger partial charge < -0.3 is 19.6 Å². The molecule has 4 aliphatic heterocycles. The van der Waals surface area contributed by atoms with Crippen molar-refractivity contribution in [2.75, 3.05) is 45.8 Å². The fourth-order valence-electron chi connectivity index (χ4n) is 5.87. The van der Waals surface area contributed by atoms with Gasteiger partial charge in [-0.25, -0.2) is 9.18 Å². The van der Waals surface area contributed by atoms with E-state index >= 15 is 0 Å². The average molecular weight is 429 g/mol. The van der Waals surface area contributed by atoms with Gasteiger partial charge in [0, 0.05) is 58.3 Å². The van der Waals surface area contributed by atoms with Gasteiger partial charge >= 0.3 is 6.03 Å². The molecule has 0 spiro atoms. The molecule has 0 aromatic heterocycles. The molecule has 7 nitrogen and oxygen atoms in total. The highest BCUT2D eigenvalue weighted by Crippen LogP contribution is 2.38. The van der Waals surface area contributed by atoms with Gasteiger partial charge in [-0.1, -0.05) is 12.1 Å². The fraction of sp³-hybridized carbons (Fsp3) is 0.609. The molecule has 5 rings (SSSR count). The molecule has 0 radical (unpaired) electrons. The maximum absolute atomic E-state index is 14.0. The summed E-state index contributed by atoms with van der Waals surface area (Å²) in [5.41, 5.74) is 0.0812. The molecule has 1 aromatic rings. The highest BCUT2D eigenvalue weighted by atomic mass is 19.1. The van der Waals surface area contributed by atoms with E-state index in [9.17, 15) is 18.8 Å². The van der Waals surface area contributed by atoms with Crippen molar-refractivity contribution in [1.29, 1.82) is 0 Å². The second-order valence-electron chi connectivity index (χ2n) is 9.31. The normalized spacial score (nSPS) is 28.4. The number of carbonyl (C=O) groups is 3. The molecule has 0 N–H and O–H groups in total. The molecule has 0 saturated carbocycles. The second-order valence-corrected chi connectivity index (χ2v) is 9.31. The summed E-state index contributed by atoms with van der Waals surface area (Å²) >= 11 is 0. The summed E-state index contributed by atoms with van der Waals surface area (Å²) in [6.07, 6.45) is 3.76. The predicted molar refractivity (Wildman–Crippen MR) is 112 cm³/mol. The quantitative estimate of drug-likeness (QED) is 0.688. The lowest BCUT2D eigenvalue weighted by atomic mass is 9.76. The lowest BCUT2D eigenvalue weighted by Crippen LogP contribution is -2.63. The summed E-state index contributed by atoms with van der Waals surface area (Å²) < 4.78 is 14.0. The largest absolute Gasteiger partial charge is 0.339 e. The molecule has 4 amide bonds. The summed E-state index contributed by atoms with van der Waals surface area (Å²) in [6, 6.07) is 6.33. The van der Waals surface area contributed by atoms with Crippen LogP contribution in [0.25, 0.3) is 0 Å². The molecule has 4 fully saturated rings. The van der Waals surface area contributed by atoms with Crippen LogP contribution in [0, 0.1) is 17.7 Å². The van der Waals surface area contributed by atoms with Gasteiger partial charge in [0.25, 0.3) is 5.91 Å². The number of piperazine rings is 1. The van der Waals surface area contributed by atoms with Gasteiger partial charge in [0.05, 0.1) is 5.56 Å². The standard InChI is InChI=1S/C23H29FN4O3/c24-19-5-2-1-4-18(19)22(30)25-8-10-26(11-9-25)23(31)27-13-16-12-17(15-27)20-6-3-7-21(29)28(20)14-16/h1-2,4-5,16-17,20H,3,6-15H2/t16-,17-,20-/m1/s1. The molecule has 8 heteroatoms. The number of fused-ring (bicyclic) bond motifs is 4. The molecule has 31 heavy (non-hydrogen) atoms. The summed E-state index contributed by atoms with van der Waals surface area (Å²) in [5.74, 6) is 0.164. The number of benzene rings is 1. The Kier molecular flexibility index (Phi) is 5.32. The van der Waals surface area contributed by atoms with Crippen LogP contribution >= 0.6 is 0 Å². The van der Waals surface area contributed by atoms with Crippen molar-refractivity contribution in [3.63, 3.8) is 0 Å². The van der Waals surface area contributed by atoms with E-state index in [1.165, 1.54) is 12.1 Å². The van der Waals surface area contributed by atoms with Gasteiger partial charge in [-0.15, -0.1) is 0 Å². The zero-order chi connectivity index (χ0) is 21.5. The van der Waals surface area contributed by atoms with E-state index in [-0.39, 0.29) is 29.5 Å². The average Bonchev–Trinajstić information content (AvgIpc) is 2.79. The summed E-state index contributed by atoms with van der Waals surface area (Å²) in [5, 5.41) is 0. The highest BCUT2D eigenvalue weighted by Gasteiger charge is 2.45. The van der Waals surface area contributed by atoms with Crippen LogP contribution < -0.4 is 0 Å². The second kappa shape index (κ2) is 8.13. The van der Waals surface area contributed by atoms with Crippen molar-refractivity contribution in [1.82, 2.24) is 19.6 Å². The number of rotatable bonds is 1. The highest BCUT2D eigenvalue weighted by molar-refractivity contribution is 5.94. The molecule has 4 saturated heterocycles. The van der Waals surface area contributed by atoms with Crippen molar-refractivity contribution in [3.05, 3.63) is 35.6 Å². The van der Waals surface area contributed by atoms with Gasteiger partial charge in [0.15, 0.2) is 0 Å². The number of nitrogens with zero attached hydrogens (tertiary/aromatic N) is 4. The topological polar surface area (TPSA) is 64.2 Å². The Morgan fingerprint density at radius 2 is 1.68 bits per heavy atom. The lowest BCUT2D eigenvalue weighted by molar-refractivity contribution is -0.144.